The molecule has 3 heteroatoms. The van der Waals surface area contributed by atoms with Crippen LogP contribution in [0.3, 0.4) is 0 Å². The summed E-state index contributed by atoms with van der Waals surface area (Å²) in [5.41, 5.74) is 8.55. The van der Waals surface area contributed by atoms with Gasteiger partial charge in [-0.3, -0.25) is 10.4 Å². The standard InChI is InChI=1S/C22H22N2S/c1-16(2)17-10-12-18(13-11-17)20-15-21(22-9-6-14-25-22)24(23-20)19-7-4-3-5-8-19/h3-16,21,23H,1-2H3. The van der Waals surface area contributed by atoms with Crippen LogP contribution in [0.15, 0.2) is 78.2 Å². The monoisotopic (exact) mass is 346 g/mol. The molecule has 126 valence electrons. The molecule has 0 fully saturated rings. The lowest BCUT2D eigenvalue weighted by Gasteiger charge is -2.26. The van der Waals surface area contributed by atoms with Crippen molar-refractivity contribution in [1.82, 2.24) is 5.43 Å². The quantitative estimate of drug-likeness (QED) is 0.625. The average molecular weight is 346 g/mol. The van der Waals surface area contributed by atoms with Gasteiger partial charge in [-0.15, -0.1) is 11.3 Å². The molecule has 2 aromatic carbocycles. The Balaban J connectivity index is 1.68. The molecule has 25 heavy (non-hydrogen) atoms. The Labute approximate surface area is 153 Å². The molecule has 0 radical (unpaired) electrons. The summed E-state index contributed by atoms with van der Waals surface area (Å²) in [4.78, 5) is 1.34. The highest BCUT2D eigenvalue weighted by molar-refractivity contribution is 7.10. The van der Waals surface area contributed by atoms with Gasteiger partial charge in [-0.2, -0.15) is 0 Å². The normalized spacial score (nSPS) is 16.8. The Bertz CT molecular complexity index is 849. The number of anilines is 1. The summed E-state index contributed by atoms with van der Waals surface area (Å²) in [6.45, 7) is 4.46. The van der Waals surface area contributed by atoms with Crippen molar-refractivity contribution in [2.24, 2.45) is 0 Å². The van der Waals surface area contributed by atoms with Gasteiger partial charge in [0.05, 0.1) is 11.4 Å². The lowest BCUT2D eigenvalue weighted by atomic mass is 10.0. The van der Waals surface area contributed by atoms with Crippen molar-refractivity contribution in [3.8, 4) is 0 Å². The van der Waals surface area contributed by atoms with E-state index in [0.29, 0.717) is 5.92 Å². The Morgan fingerprint density at radius 2 is 1.68 bits per heavy atom. The SMILES string of the molecule is CC(C)c1ccc(C2=CC(c3cccs3)N(c3ccccc3)N2)cc1. The van der Waals surface area contributed by atoms with Gasteiger partial charge in [-0.1, -0.05) is 62.4 Å². The number of hydrogen-bond acceptors (Lipinski definition) is 3. The summed E-state index contributed by atoms with van der Waals surface area (Å²) in [5, 5.41) is 4.39. The Morgan fingerprint density at radius 3 is 2.32 bits per heavy atom. The van der Waals surface area contributed by atoms with Crippen LogP contribution in [-0.4, -0.2) is 0 Å². The minimum atomic E-state index is 0.210. The van der Waals surface area contributed by atoms with Crippen molar-refractivity contribution >= 4 is 22.7 Å². The van der Waals surface area contributed by atoms with E-state index < -0.39 is 0 Å². The topological polar surface area (TPSA) is 15.3 Å². The van der Waals surface area contributed by atoms with E-state index in [1.165, 1.54) is 21.7 Å². The number of para-hydroxylation sites is 1. The minimum absolute atomic E-state index is 0.210. The molecule has 4 rings (SSSR count). The molecule has 0 saturated carbocycles. The summed E-state index contributed by atoms with van der Waals surface area (Å²) >= 11 is 1.80. The van der Waals surface area contributed by atoms with Gasteiger partial charge in [0, 0.05) is 4.88 Å². The molecule has 1 aromatic heterocycles. The number of nitrogens with zero attached hydrogens (tertiary/aromatic N) is 1. The van der Waals surface area contributed by atoms with E-state index in [-0.39, 0.29) is 6.04 Å². The molecule has 1 aliphatic rings. The van der Waals surface area contributed by atoms with Crippen LogP contribution >= 0.6 is 11.3 Å². The third kappa shape index (κ3) is 3.20. The highest BCUT2D eigenvalue weighted by atomic mass is 32.1. The molecule has 2 nitrogen and oxygen atoms in total. The van der Waals surface area contributed by atoms with E-state index >= 15 is 0 Å². The molecule has 0 spiro atoms. The van der Waals surface area contributed by atoms with Gasteiger partial charge in [0.25, 0.3) is 0 Å². The molecule has 0 saturated heterocycles. The van der Waals surface area contributed by atoms with Crippen molar-refractivity contribution in [3.63, 3.8) is 0 Å². The van der Waals surface area contributed by atoms with Crippen LogP contribution < -0.4 is 10.4 Å². The predicted molar refractivity (Wildman–Crippen MR) is 108 cm³/mol. The predicted octanol–water partition coefficient (Wildman–Crippen LogP) is 5.98. The van der Waals surface area contributed by atoms with Gasteiger partial charge in [-0.05, 0) is 46.7 Å². The van der Waals surface area contributed by atoms with E-state index in [0.717, 1.165) is 5.70 Å². The van der Waals surface area contributed by atoms with Crippen LogP contribution in [0.1, 0.15) is 41.8 Å². The lowest BCUT2D eigenvalue weighted by molar-refractivity contribution is 0.733. The number of benzene rings is 2. The second-order valence-electron chi connectivity index (χ2n) is 6.63. The average Bonchev–Trinajstić information content (AvgIpc) is 3.32. The van der Waals surface area contributed by atoms with Crippen molar-refractivity contribution in [2.75, 3.05) is 5.01 Å². The Kier molecular flexibility index (Phi) is 4.33. The van der Waals surface area contributed by atoms with E-state index in [1.54, 1.807) is 11.3 Å². The molecule has 0 bridgehead atoms. The number of nitrogens with one attached hydrogen (secondary N) is 1. The van der Waals surface area contributed by atoms with Gasteiger partial charge < -0.3 is 0 Å². The molecule has 1 aliphatic heterocycles. The fraction of sp³-hybridized carbons (Fsp3) is 0.182. The molecule has 1 N–H and O–H groups in total. The highest BCUT2D eigenvalue weighted by Crippen LogP contribution is 2.36. The molecule has 3 aromatic rings. The maximum absolute atomic E-state index is 3.61. The third-order valence-corrected chi connectivity index (χ3v) is 5.54. The second kappa shape index (κ2) is 6.77. The first-order valence-corrected chi connectivity index (χ1v) is 9.57. The maximum atomic E-state index is 3.61. The van der Waals surface area contributed by atoms with Crippen LogP contribution in [0.5, 0.6) is 0 Å². The van der Waals surface area contributed by atoms with Crippen molar-refractivity contribution in [3.05, 3.63) is 94.2 Å². The summed E-state index contributed by atoms with van der Waals surface area (Å²) < 4.78 is 0. The number of hydrogen-bond donors (Lipinski definition) is 1. The lowest BCUT2D eigenvalue weighted by Crippen LogP contribution is -2.33. The first-order valence-electron chi connectivity index (χ1n) is 8.69. The van der Waals surface area contributed by atoms with Crippen molar-refractivity contribution < 1.29 is 0 Å². The zero-order valence-electron chi connectivity index (χ0n) is 14.5. The van der Waals surface area contributed by atoms with Crippen molar-refractivity contribution in [2.45, 2.75) is 25.8 Å². The summed E-state index contributed by atoms with van der Waals surface area (Å²) in [5.74, 6) is 0.555. The number of hydrazine groups is 1. The van der Waals surface area contributed by atoms with Gasteiger partial charge >= 0.3 is 0 Å². The third-order valence-electron chi connectivity index (χ3n) is 4.60. The maximum Gasteiger partial charge on any atom is 0.105 e. The largest absolute Gasteiger partial charge is 0.297 e. The molecule has 0 amide bonds. The summed E-state index contributed by atoms with van der Waals surface area (Å²) in [7, 11) is 0. The van der Waals surface area contributed by atoms with Crippen LogP contribution in [-0.2, 0) is 0 Å². The zero-order chi connectivity index (χ0) is 17.2. The van der Waals surface area contributed by atoms with Gasteiger partial charge in [-0.25, -0.2) is 0 Å². The van der Waals surface area contributed by atoms with Crippen LogP contribution in [0, 0.1) is 0 Å². The molecule has 0 aliphatic carbocycles. The molecule has 1 atom stereocenters. The van der Waals surface area contributed by atoms with Crippen LogP contribution in [0.4, 0.5) is 5.69 Å². The number of rotatable bonds is 4. The summed E-state index contributed by atoms with van der Waals surface area (Å²) in [6.07, 6.45) is 2.32. The van der Waals surface area contributed by atoms with E-state index in [4.69, 9.17) is 0 Å². The molecule has 2 heterocycles. The van der Waals surface area contributed by atoms with Crippen LogP contribution in [0.25, 0.3) is 5.70 Å². The fourth-order valence-corrected chi connectivity index (χ4v) is 3.94. The Morgan fingerprint density at radius 1 is 0.920 bits per heavy atom. The second-order valence-corrected chi connectivity index (χ2v) is 7.61. The van der Waals surface area contributed by atoms with Gasteiger partial charge in [0.15, 0.2) is 0 Å². The van der Waals surface area contributed by atoms with Crippen LogP contribution in [0.2, 0.25) is 0 Å². The van der Waals surface area contributed by atoms with Crippen molar-refractivity contribution in [1.29, 1.82) is 0 Å². The Hall–Kier alpha value is -2.52. The van der Waals surface area contributed by atoms with E-state index in [1.807, 2.05) is 0 Å². The minimum Gasteiger partial charge on any atom is -0.297 e. The zero-order valence-corrected chi connectivity index (χ0v) is 15.3. The smallest absolute Gasteiger partial charge is 0.105 e. The first-order chi connectivity index (χ1) is 12.2. The van der Waals surface area contributed by atoms with Gasteiger partial charge in [0.2, 0.25) is 0 Å². The first kappa shape index (κ1) is 16.0. The summed E-state index contributed by atoms with van der Waals surface area (Å²) in [6, 6.07) is 23.9. The molecular weight excluding hydrogens is 324 g/mol. The highest BCUT2D eigenvalue weighted by Gasteiger charge is 2.27. The molecular formula is C22H22N2S. The van der Waals surface area contributed by atoms with E-state index in [9.17, 15) is 0 Å². The van der Waals surface area contributed by atoms with Gasteiger partial charge in [0.1, 0.15) is 6.04 Å². The molecule has 1 unspecified atom stereocenters. The number of thiophene rings is 1. The van der Waals surface area contributed by atoms with E-state index in [2.05, 4.69) is 102 Å². The fourth-order valence-electron chi connectivity index (χ4n) is 3.16.